The van der Waals surface area contributed by atoms with Gasteiger partial charge in [0.1, 0.15) is 18.1 Å². The van der Waals surface area contributed by atoms with Crippen LogP contribution in [0.4, 0.5) is 0 Å². The third-order valence-corrected chi connectivity index (χ3v) is 1.86. The minimum Gasteiger partial charge on any atom is -0.272 e. The number of carbonyl (C=O) groups is 1. The number of nitrogens with zero attached hydrogens (tertiary/aromatic N) is 4. The van der Waals surface area contributed by atoms with Crippen LogP contribution in [0.25, 0.3) is 0 Å². The minimum absolute atomic E-state index is 0.218. The van der Waals surface area contributed by atoms with E-state index in [2.05, 4.69) is 9.97 Å². The maximum absolute atomic E-state index is 11.7. The molecule has 0 bridgehead atoms. The molecule has 0 saturated carbocycles. The molecule has 0 aliphatic heterocycles. The average molecular weight is 198 g/mol. The van der Waals surface area contributed by atoms with Crippen molar-refractivity contribution in [3.8, 4) is 6.07 Å². The van der Waals surface area contributed by atoms with Gasteiger partial charge < -0.3 is 0 Å². The highest BCUT2D eigenvalue weighted by molar-refractivity contribution is 5.95. The first-order valence-corrected chi connectivity index (χ1v) is 4.20. The molecule has 2 aromatic rings. The van der Waals surface area contributed by atoms with Crippen molar-refractivity contribution in [3.05, 3.63) is 48.3 Å². The molecule has 0 fully saturated rings. The number of hydrogen-bond acceptors (Lipinski definition) is 4. The summed E-state index contributed by atoms with van der Waals surface area (Å²) in [6.07, 6.45) is 5.87. The van der Waals surface area contributed by atoms with Crippen LogP contribution in [0.5, 0.6) is 0 Å². The van der Waals surface area contributed by atoms with E-state index in [1.807, 2.05) is 6.07 Å². The Bertz CT molecular complexity index is 507. The third kappa shape index (κ3) is 1.74. The summed E-state index contributed by atoms with van der Waals surface area (Å²) in [7, 11) is 0. The van der Waals surface area contributed by atoms with Crippen LogP contribution in [-0.2, 0) is 0 Å². The van der Waals surface area contributed by atoms with Crippen LogP contribution in [0, 0.1) is 11.3 Å². The maximum atomic E-state index is 11.7. The quantitative estimate of drug-likeness (QED) is 0.680. The van der Waals surface area contributed by atoms with Crippen molar-refractivity contribution in [1.29, 1.82) is 5.26 Å². The van der Waals surface area contributed by atoms with E-state index in [-0.39, 0.29) is 11.6 Å². The van der Waals surface area contributed by atoms with Crippen molar-refractivity contribution >= 4 is 5.91 Å². The van der Waals surface area contributed by atoms with Gasteiger partial charge in [-0.1, -0.05) is 0 Å². The van der Waals surface area contributed by atoms with Gasteiger partial charge in [-0.05, 0) is 12.1 Å². The van der Waals surface area contributed by atoms with Gasteiger partial charge in [-0.2, -0.15) is 5.26 Å². The summed E-state index contributed by atoms with van der Waals surface area (Å²) >= 11 is 0. The Morgan fingerprint density at radius 3 is 2.87 bits per heavy atom. The fourth-order valence-corrected chi connectivity index (χ4v) is 1.11. The topological polar surface area (TPSA) is 71.6 Å². The molecule has 0 aliphatic carbocycles. The molecule has 2 heterocycles. The van der Waals surface area contributed by atoms with E-state index >= 15 is 0 Å². The monoisotopic (exact) mass is 198 g/mol. The Morgan fingerprint density at radius 1 is 1.47 bits per heavy atom. The lowest BCUT2D eigenvalue weighted by atomic mass is 10.2. The van der Waals surface area contributed by atoms with Crippen molar-refractivity contribution in [2.75, 3.05) is 0 Å². The molecule has 0 amide bonds. The van der Waals surface area contributed by atoms with E-state index in [9.17, 15) is 4.79 Å². The van der Waals surface area contributed by atoms with E-state index in [0.717, 1.165) is 0 Å². The van der Waals surface area contributed by atoms with Gasteiger partial charge in [-0.15, -0.1) is 0 Å². The molecule has 72 valence electrons. The second kappa shape index (κ2) is 3.72. The fraction of sp³-hybridized carbons (Fsp3) is 0. The number of pyridine rings is 1. The lowest BCUT2D eigenvalue weighted by Crippen LogP contribution is -2.09. The molecule has 2 rings (SSSR count). The lowest BCUT2D eigenvalue weighted by Gasteiger charge is -1.99. The van der Waals surface area contributed by atoms with Gasteiger partial charge in [0.2, 0.25) is 0 Å². The largest absolute Gasteiger partial charge is 0.272 e. The number of imidazole rings is 1. The van der Waals surface area contributed by atoms with Crippen molar-refractivity contribution < 1.29 is 4.79 Å². The van der Waals surface area contributed by atoms with Crippen LogP contribution < -0.4 is 0 Å². The molecular weight excluding hydrogens is 192 g/mol. The molecule has 5 nitrogen and oxygen atoms in total. The van der Waals surface area contributed by atoms with Gasteiger partial charge in [0.15, 0.2) is 0 Å². The third-order valence-electron chi connectivity index (χ3n) is 1.86. The lowest BCUT2D eigenvalue weighted by molar-refractivity contribution is 0.0959. The number of carbonyl (C=O) groups excluding carboxylic acids is 1. The number of nitriles is 1. The van der Waals surface area contributed by atoms with Gasteiger partial charge in [0.25, 0.3) is 5.91 Å². The first-order chi connectivity index (χ1) is 7.31. The molecule has 15 heavy (non-hydrogen) atoms. The van der Waals surface area contributed by atoms with E-state index in [0.29, 0.717) is 5.56 Å². The number of aromatic nitrogens is 3. The van der Waals surface area contributed by atoms with Crippen LogP contribution in [0.3, 0.4) is 0 Å². The molecule has 0 N–H and O–H groups in total. The minimum atomic E-state index is -0.218. The highest BCUT2D eigenvalue weighted by atomic mass is 16.2. The van der Waals surface area contributed by atoms with Crippen LogP contribution in [0.15, 0.2) is 37.1 Å². The summed E-state index contributed by atoms with van der Waals surface area (Å²) in [5, 5.41) is 8.54. The standard InChI is InChI=1S/C10H6N4O/c11-5-9-2-1-8(6-13-9)10(15)14-4-3-12-7-14/h1-4,6-7H. The zero-order chi connectivity index (χ0) is 10.7. The molecule has 0 aliphatic rings. The molecule has 0 radical (unpaired) electrons. The van der Waals surface area contributed by atoms with Crippen molar-refractivity contribution in [3.63, 3.8) is 0 Å². The van der Waals surface area contributed by atoms with Crippen molar-refractivity contribution in [2.24, 2.45) is 0 Å². The molecule has 0 atom stereocenters. The Morgan fingerprint density at radius 2 is 2.33 bits per heavy atom. The fourth-order valence-electron chi connectivity index (χ4n) is 1.11. The van der Waals surface area contributed by atoms with E-state index in [1.165, 1.54) is 29.4 Å². The van der Waals surface area contributed by atoms with Gasteiger partial charge in [0.05, 0.1) is 5.56 Å². The Balaban J connectivity index is 2.32. The summed E-state index contributed by atoms with van der Waals surface area (Å²) in [6.45, 7) is 0. The first-order valence-electron chi connectivity index (χ1n) is 4.20. The average Bonchev–Trinajstić information content (AvgIpc) is 2.82. The summed E-state index contributed by atoms with van der Waals surface area (Å²) in [4.78, 5) is 19.3. The Kier molecular flexibility index (Phi) is 2.25. The summed E-state index contributed by atoms with van der Waals surface area (Å²) in [5.74, 6) is -0.218. The van der Waals surface area contributed by atoms with Crippen LogP contribution in [0.1, 0.15) is 16.1 Å². The predicted octanol–water partition coefficient (Wildman–Crippen LogP) is 0.838. The van der Waals surface area contributed by atoms with Crippen LogP contribution in [0.2, 0.25) is 0 Å². The zero-order valence-electron chi connectivity index (χ0n) is 7.66. The van der Waals surface area contributed by atoms with Gasteiger partial charge >= 0.3 is 0 Å². The van der Waals surface area contributed by atoms with Crippen LogP contribution >= 0.6 is 0 Å². The van der Waals surface area contributed by atoms with Crippen molar-refractivity contribution in [2.45, 2.75) is 0 Å². The molecule has 0 saturated heterocycles. The number of rotatable bonds is 1. The highest BCUT2D eigenvalue weighted by Gasteiger charge is 2.07. The summed E-state index contributed by atoms with van der Waals surface area (Å²) < 4.78 is 1.35. The second-order valence-electron chi connectivity index (χ2n) is 2.82. The molecule has 0 aromatic carbocycles. The highest BCUT2D eigenvalue weighted by Crippen LogP contribution is 2.02. The van der Waals surface area contributed by atoms with Gasteiger partial charge in [-0.3, -0.25) is 9.36 Å². The molecule has 5 heteroatoms. The van der Waals surface area contributed by atoms with Gasteiger partial charge in [0, 0.05) is 18.6 Å². The maximum Gasteiger partial charge on any atom is 0.264 e. The molecule has 0 spiro atoms. The van der Waals surface area contributed by atoms with Crippen LogP contribution in [-0.4, -0.2) is 20.4 Å². The van der Waals surface area contributed by atoms with E-state index < -0.39 is 0 Å². The number of hydrogen-bond donors (Lipinski definition) is 0. The summed E-state index contributed by atoms with van der Waals surface area (Å²) in [5.41, 5.74) is 0.712. The predicted molar refractivity (Wildman–Crippen MR) is 50.9 cm³/mol. The Labute approximate surface area is 85.6 Å². The smallest absolute Gasteiger partial charge is 0.264 e. The van der Waals surface area contributed by atoms with E-state index in [4.69, 9.17) is 5.26 Å². The molecule has 2 aromatic heterocycles. The normalized spacial score (nSPS) is 9.53. The van der Waals surface area contributed by atoms with E-state index in [1.54, 1.807) is 12.3 Å². The zero-order valence-corrected chi connectivity index (χ0v) is 7.66. The second-order valence-corrected chi connectivity index (χ2v) is 2.82. The molecule has 0 unspecified atom stereocenters. The van der Waals surface area contributed by atoms with Gasteiger partial charge in [-0.25, -0.2) is 9.97 Å². The first kappa shape index (κ1) is 9.09. The Hall–Kier alpha value is -2.48. The SMILES string of the molecule is N#Cc1ccc(C(=O)n2ccnc2)cn1. The van der Waals surface area contributed by atoms with Crippen molar-refractivity contribution in [1.82, 2.24) is 14.5 Å². The molecular formula is C10H6N4O. The summed E-state index contributed by atoms with van der Waals surface area (Å²) in [6, 6.07) is 4.95.